The summed E-state index contributed by atoms with van der Waals surface area (Å²) in [5.74, 6) is 0.368. The summed E-state index contributed by atoms with van der Waals surface area (Å²) in [7, 11) is 1.83. The first kappa shape index (κ1) is 14.8. The lowest BCUT2D eigenvalue weighted by Crippen LogP contribution is -2.15. The second kappa shape index (κ2) is 4.97. The maximum atomic E-state index is 12.6. The molecule has 1 N–H and O–H groups in total. The van der Waals surface area contributed by atoms with Crippen molar-refractivity contribution in [2.24, 2.45) is 7.05 Å². The Morgan fingerprint density at radius 3 is 2.77 bits per heavy atom. The number of nitrogens with zero attached hydrogens (tertiary/aromatic N) is 2. The fraction of sp³-hybridized carbons (Fsp3) is 0.444. The molecule has 1 aromatic heterocycles. The smallest absolute Gasteiger partial charge is 0.259 e. The Morgan fingerprint density at radius 2 is 2.14 bits per heavy atom. The van der Waals surface area contributed by atoms with E-state index >= 15 is 0 Å². The molecule has 22 heavy (non-hydrogen) atoms. The summed E-state index contributed by atoms with van der Waals surface area (Å²) >= 11 is 0. The van der Waals surface area contributed by atoms with Crippen LogP contribution in [0.5, 0.6) is 0 Å². The van der Waals surface area contributed by atoms with E-state index in [1.54, 1.807) is 10.9 Å². The first-order valence-corrected chi connectivity index (χ1v) is 7.74. The molecule has 0 spiro atoms. The van der Waals surface area contributed by atoms with Gasteiger partial charge in [-0.1, -0.05) is 32.9 Å². The molecule has 1 atom stereocenters. The standard InChI is InChI=1S/C18H23N3O/c1-11-9-18(3,4)14-7-6-8-15(16(11)14)19-17(22)13-10-21(5)20-12(13)2/h6-8,10-11H,9H2,1-5H3,(H,19,22)/t11-/m0/s1. The normalized spacial score (nSPS) is 19.0. The monoisotopic (exact) mass is 297 g/mol. The quantitative estimate of drug-likeness (QED) is 0.917. The van der Waals surface area contributed by atoms with Gasteiger partial charge >= 0.3 is 0 Å². The third-order valence-electron chi connectivity index (χ3n) is 4.65. The van der Waals surface area contributed by atoms with Crippen LogP contribution in [0, 0.1) is 6.92 Å². The van der Waals surface area contributed by atoms with Gasteiger partial charge in [0.2, 0.25) is 0 Å². The van der Waals surface area contributed by atoms with Crippen LogP contribution in [0.15, 0.2) is 24.4 Å². The van der Waals surface area contributed by atoms with E-state index in [9.17, 15) is 4.79 Å². The molecular formula is C18H23N3O. The van der Waals surface area contributed by atoms with Gasteiger partial charge in [-0.25, -0.2) is 0 Å². The highest BCUT2D eigenvalue weighted by Crippen LogP contribution is 2.48. The zero-order chi connectivity index (χ0) is 16.1. The highest BCUT2D eigenvalue weighted by atomic mass is 16.1. The average Bonchev–Trinajstić information content (AvgIpc) is 2.87. The maximum absolute atomic E-state index is 12.6. The van der Waals surface area contributed by atoms with E-state index in [0.29, 0.717) is 11.5 Å². The number of anilines is 1. The Labute approximate surface area is 131 Å². The van der Waals surface area contributed by atoms with Crippen LogP contribution in [0.1, 0.15) is 60.3 Å². The molecule has 0 saturated carbocycles. The molecule has 2 aromatic rings. The van der Waals surface area contributed by atoms with Crippen molar-refractivity contribution in [1.82, 2.24) is 9.78 Å². The van der Waals surface area contributed by atoms with E-state index in [0.717, 1.165) is 17.8 Å². The van der Waals surface area contributed by atoms with Gasteiger partial charge in [-0.3, -0.25) is 9.48 Å². The number of carbonyl (C=O) groups excluding carboxylic acids is 1. The van der Waals surface area contributed by atoms with Crippen molar-refractivity contribution >= 4 is 11.6 Å². The molecule has 1 aromatic carbocycles. The summed E-state index contributed by atoms with van der Waals surface area (Å²) < 4.78 is 1.67. The van der Waals surface area contributed by atoms with Crippen molar-refractivity contribution in [3.05, 3.63) is 46.8 Å². The number of amides is 1. The van der Waals surface area contributed by atoms with Gasteiger partial charge in [0, 0.05) is 18.9 Å². The van der Waals surface area contributed by atoms with E-state index in [1.807, 2.05) is 26.1 Å². The molecule has 1 amide bonds. The molecule has 0 unspecified atom stereocenters. The van der Waals surface area contributed by atoms with Crippen molar-refractivity contribution in [1.29, 1.82) is 0 Å². The van der Waals surface area contributed by atoms with Crippen LogP contribution >= 0.6 is 0 Å². The lowest BCUT2D eigenvalue weighted by molar-refractivity contribution is 0.102. The van der Waals surface area contributed by atoms with Crippen LogP contribution < -0.4 is 5.32 Å². The number of aromatic nitrogens is 2. The average molecular weight is 297 g/mol. The van der Waals surface area contributed by atoms with Crippen LogP contribution in [-0.4, -0.2) is 15.7 Å². The van der Waals surface area contributed by atoms with Gasteiger partial charge in [-0.15, -0.1) is 0 Å². The van der Waals surface area contributed by atoms with Crippen molar-refractivity contribution in [2.45, 2.75) is 45.4 Å². The minimum Gasteiger partial charge on any atom is -0.322 e. The number of hydrogen-bond acceptors (Lipinski definition) is 2. The molecule has 1 heterocycles. The third-order valence-corrected chi connectivity index (χ3v) is 4.65. The number of aryl methyl sites for hydroxylation is 2. The highest BCUT2D eigenvalue weighted by Gasteiger charge is 2.36. The summed E-state index contributed by atoms with van der Waals surface area (Å²) in [5.41, 5.74) is 5.11. The number of benzene rings is 1. The Kier molecular flexibility index (Phi) is 3.35. The molecule has 1 aliphatic carbocycles. The van der Waals surface area contributed by atoms with Crippen LogP contribution in [0.25, 0.3) is 0 Å². The summed E-state index contributed by atoms with van der Waals surface area (Å²) in [6.45, 7) is 8.63. The zero-order valence-corrected chi connectivity index (χ0v) is 13.9. The van der Waals surface area contributed by atoms with Crippen molar-refractivity contribution in [3.63, 3.8) is 0 Å². The number of carbonyl (C=O) groups is 1. The van der Waals surface area contributed by atoms with E-state index in [-0.39, 0.29) is 11.3 Å². The van der Waals surface area contributed by atoms with Crippen molar-refractivity contribution < 1.29 is 4.79 Å². The van der Waals surface area contributed by atoms with Crippen molar-refractivity contribution in [2.75, 3.05) is 5.32 Å². The Hall–Kier alpha value is -2.10. The van der Waals surface area contributed by atoms with Gasteiger partial charge in [0.05, 0.1) is 11.3 Å². The minimum atomic E-state index is -0.0871. The first-order chi connectivity index (χ1) is 10.3. The molecule has 0 fully saturated rings. The number of nitrogens with one attached hydrogen (secondary N) is 1. The summed E-state index contributed by atoms with van der Waals surface area (Å²) in [6.07, 6.45) is 2.88. The Bertz CT molecular complexity index is 743. The molecule has 0 saturated heterocycles. The van der Waals surface area contributed by atoms with Gasteiger partial charge < -0.3 is 5.32 Å². The third kappa shape index (κ3) is 2.32. The lowest BCUT2D eigenvalue weighted by atomic mass is 9.86. The van der Waals surface area contributed by atoms with Gasteiger partial charge in [0.1, 0.15) is 0 Å². The molecule has 3 rings (SSSR count). The minimum absolute atomic E-state index is 0.0871. The molecule has 1 aliphatic rings. The van der Waals surface area contributed by atoms with Crippen LogP contribution in [0.3, 0.4) is 0 Å². The molecule has 0 radical (unpaired) electrons. The summed E-state index contributed by atoms with van der Waals surface area (Å²) in [4.78, 5) is 12.6. The number of rotatable bonds is 2. The summed E-state index contributed by atoms with van der Waals surface area (Å²) in [5, 5.41) is 7.33. The van der Waals surface area contributed by atoms with Gasteiger partial charge in [-0.05, 0) is 41.9 Å². The second-order valence-electron chi connectivity index (χ2n) is 7.01. The van der Waals surface area contributed by atoms with Gasteiger partial charge in [0.25, 0.3) is 5.91 Å². The van der Waals surface area contributed by atoms with E-state index in [1.165, 1.54) is 11.1 Å². The van der Waals surface area contributed by atoms with Crippen LogP contribution in [0.4, 0.5) is 5.69 Å². The van der Waals surface area contributed by atoms with Crippen molar-refractivity contribution in [3.8, 4) is 0 Å². The molecule has 116 valence electrons. The summed E-state index contributed by atoms with van der Waals surface area (Å²) in [6, 6.07) is 6.22. The predicted octanol–water partition coefficient (Wildman–Crippen LogP) is 3.77. The highest BCUT2D eigenvalue weighted by molar-refractivity contribution is 6.05. The van der Waals surface area contributed by atoms with E-state index < -0.39 is 0 Å². The Morgan fingerprint density at radius 1 is 1.41 bits per heavy atom. The molecule has 4 heteroatoms. The molecular weight excluding hydrogens is 274 g/mol. The maximum Gasteiger partial charge on any atom is 0.259 e. The number of hydrogen-bond donors (Lipinski definition) is 1. The topological polar surface area (TPSA) is 46.9 Å². The lowest BCUT2D eigenvalue weighted by Gasteiger charge is -2.19. The second-order valence-corrected chi connectivity index (χ2v) is 7.01. The van der Waals surface area contributed by atoms with E-state index in [2.05, 4.69) is 37.3 Å². The molecule has 4 nitrogen and oxygen atoms in total. The van der Waals surface area contributed by atoms with Gasteiger partial charge in [-0.2, -0.15) is 5.10 Å². The predicted molar refractivity (Wildman–Crippen MR) is 88.4 cm³/mol. The van der Waals surface area contributed by atoms with E-state index in [4.69, 9.17) is 0 Å². The van der Waals surface area contributed by atoms with Crippen LogP contribution in [-0.2, 0) is 12.5 Å². The molecule has 0 bridgehead atoms. The Balaban J connectivity index is 1.96. The first-order valence-electron chi connectivity index (χ1n) is 7.74. The fourth-order valence-electron chi connectivity index (χ4n) is 3.78. The van der Waals surface area contributed by atoms with Gasteiger partial charge in [0.15, 0.2) is 0 Å². The number of fused-ring (bicyclic) bond motifs is 1. The van der Waals surface area contributed by atoms with Crippen LogP contribution in [0.2, 0.25) is 0 Å². The molecule has 0 aliphatic heterocycles. The SMILES string of the molecule is Cc1nn(C)cc1C(=O)Nc1cccc2c1[C@@H](C)CC2(C)C. The zero-order valence-electron chi connectivity index (χ0n) is 13.9. The fourth-order valence-corrected chi connectivity index (χ4v) is 3.78. The largest absolute Gasteiger partial charge is 0.322 e.